The summed E-state index contributed by atoms with van der Waals surface area (Å²) < 4.78 is 0. The number of rotatable bonds is 3. The van der Waals surface area contributed by atoms with Gasteiger partial charge in [-0.3, -0.25) is 9.59 Å². The molecule has 0 atom stereocenters. The van der Waals surface area contributed by atoms with E-state index in [4.69, 9.17) is 11.6 Å². The fraction of sp³-hybridized carbons (Fsp3) is 0.125. The quantitative estimate of drug-likeness (QED) is 0.946. The third-order valence-electron chi connectivity index (χ3n) is 2.90. The molecule has 2 aromatic carbocycles. The van der Waals surface area contributed by atoms with Gasteiger partial charge in [0.1, 0.15) is 0 Å². The van der Waals surface area contributed by atoms with Gasteiger partial charge in [-0.15, -0.1) is 0 Å². The highest BCUT2D eigenvalue weighted by Gasteiger charge is 2.09. The van der Waals surface area contributed by atoms with Crippen LogP contribution in [0.4, 0.5) is 5.69 Å². The molecule has 108 valence electrons. The molecule has 0 spiro atoms. The largest absolute Gasteiger partial charge is 0.345 e. The SMILES string of the molecule is CN(C)C(=O)c1ccc(NC(=O)c2ccc(Cl)cc2)cc1. The molecular formula is C16H15ClN2O2. The molecule has 0 heterocycles. The summed E-state index contributed by atoms with van der Waals surface area (Å²) in [6.45, 7) is 0. The third kappa shape index (κ3) is 3.83. The van der Waals surface area contributed by atoms with E-state index in [1.165, 1.54) is 4.90 Å². The monoisotopic (exact) mass is 302 g/mol. The lowest BCUT2D eigenvalue weighted by atomic mass is 10.1. The lowest BCUT2D eigenvalue weighted by Gasteiger charge is -2.11. The number of hydrogen-bond acceptors (Lipinski definition) is 2. The summed E-state index contributed by atoms with van der Waals surface area (Å²) in [4.78, 5) is 25.3. The molecule has 0 aliphatic heterocycles. The maximum Gasteiger partial charge on any atom is 0.255 e. The Labute approximate surface area is 128 Å². The lowest BCUT2D eigenvalue weighted by molar-refractivity contribution is 0.0827. The van der Waals surface area contributed by atoms with Gasteiger partial charge in [0, 0.05) is 35.9 Å². The molecule has 4 nitrogen and oxygen atoms in total. The standard InChI is InChI=1S/C16H15ClN2O2/c1-19(2)16(21)12-5-9-14(10-6-12)18-15(20)11-3-7-13(17)8-4-11/h3-10H,1-2H3,(H,18,20). The van der Waals surface area contributed by atoms with Crippen molar-refractivity contribution in [3.8, 4) is 0 Å². The van der Waals surface area contributed by atoms with Crippen LogP contribution < -0.4 is 5.32 Å². The smallest absolute Gasteiger partial charge is 0.255 e. The molecular weight excluding hydrogens is 288 g/mol. The van der Waals surface area contributed by atoms with Gasteiger partial charge in [0.2, 0.25) is 0 Å². The summed E-state index contributed by atoms with van der Waals surface area (Å²) in [6.07, 6.45) is 0. The van der Waals surface area contributed by atoms with E-state index in [9.17, 15) is 9.59 Å². The van der Waals surface area contributed by atoms with Crippen LogP contribution in [-0.4, -0.2) is 30.8 Å². The molecule has 0 saturated carbocycles. The van der Waals surface area contributed by atoms with E-state index in [0.29, 0.717) is 21.8 Å². The summed E-state index contributed by atoms with van der Waals surface area (Å²) in [6, 6.07) is 13.4. The highest BCUT2D eigenvalue weighted by molar-refractivity contribution is 6.30. The van der Waals surface area contributed by atoms with Gasteiger partial charge in [-0.2, -0.15) is 0 Å². The first-order valence-electron chi connectivity index (χ1n) is 6.36. The van der Waals surface area contributed by atoms with E-state index in [0.717, 1.165) is 0 Å². The summed E-state index contributed by atoms with van der Waals surface area (Å²) >= 11 is 5.78. The number of nitrogens with one attached hydrogen (secondary N) is 1. The molecule has 0 aliphatic rings. The molecule has 2 rings (SSSR count). The Morgan fingerprint density at radius 3 is 1.95 bits per heavy atom. The maximum atomic E-state index is 12.0. The third-order valence-corrected chi connectivity index (χ3v) is 3.15. The second-order valence-electron chi connectivity index (χ2n) is 4.74. The molecule has 1 N–H and O–H groups in total. The maximum absolute atomic E-state index is 12.0. The summed E-state index contributed by atoms with van der Waals surface area (Å²) in [5.74, 6) is -0.302. The fourth-order valence-corrected chi connectivity index (χ4v) is 1.88. The van der Waals surface area contributed by atoms with E-state index in [-0.39, 0.29) is 11.8 Å². The zero-order chi connectivity index (χ0) is 15.4. The number of carbonyl (C=O) groups excluding carboxylic acids is 2. The predicted octanol–water partition coefficient (Wildman–Crippen LogP) is 3.29. The van der Waals surface area contributed by atoms with Crippen molar-refractivity contribution in [2.75, 3.05) is 19.4 Å². The van der Waals surface area contributed by atoms with Gasteiger partial charge in [-0.25, -0.2) is 0 Å². The summed E-state index contributed by atoms with van der Waals surface area (Å²) in [5.41, 5.74) is 1.72. The molecule has 2 amide bonds. The second-order valence-corrected chi connectivity index (χ2v) is 5.17. The van der Waals surface area contributed by atoms with Gasteiger partial charge >= 0.3 is 0 Å². The summed E-state index contributed by atoms with van der Waals surface area (Å²) in [7, 11) is 3.39. The number of anilines is 1. The fourth-order valence-electron chi connectivity index (χ4n) is 1.76. The molecule has 5 heteroatoms. The molecule has 21 heavy (non-hydrogen) atoms. The van der Waals surface area contributed by atoms with E-state index in [2.05, 4.69) is 5.32 Å². The first-order valence-corrected chi connectivity index (χ1v) is 6.74. The molecule has 0 unspecified atom stereocenters. The molecule has 0 aliphatic carbocycles. The Morgan fingerprint density at radius 2 is 1.43 bits per heavy atom. The summed E-state index contributed by atoms with van der Waals surface area (Å²) in [5, 5.41) is 3.35. The first kappa shape index (κ1) is 15.1. The average Bonchev–Trinajstić information content (AvgIpc) is 2.47. The number of halogens is 1. The number of amides is 2. The van der Waals surface area contributed by atoms with Crippen LogP contribution >= 0.6 is 11.6 Å². The van der Waals surface area contributed by atoms with Crippen molar-refractivity contribution < 1.29 is 9.59 Å². The van der Waals surface area contributed by atoms with E-state index in [1.54, 1.807) is 62.6 Å². The van der Waals surface area contributed by atoms with Gasteiger partial charge in [0.15, 0.2) is 0 Å². The minimum absolute atomic E-state index is 0.0782. The van der Waals surface area contributed by atoms with Gasteiger partial charge < -0.3 is 10.2 Å². The van der Waals surface area contributed by atoms with Gasteiger partial charge in [-0.1, -0.05) is 11.6 Å². The molecule has 0 radical (unpaired) electrons. The Balaban J connectivity index is 2.08. The van der Waals surface area contributed by atoms with Crippen LogP contribution in [0.3, 0.4) is 0 Å². The predicted molar refractivity (Wildman–Crippen MR) is 83.9 cm³/mol. The van der Waals surface area contributed by atoms with Gasteiger partial charge in [0.25, 0.3) is 11.8 Å². The molecule has 2 aromatic rings. The van der Waals surface area contributed by atoms with Crippen LogP contribution in [0.25, 0.3) is 0 Å². The Kier molecular flexibility index (Phi) is 4.60. The second kappa shape index (κ2) is 6.41. The molecule has 0 bridgehead atoms. The number of hydrogen-bond donors (Lipinski definition) is 1. The zero-order valence-electron chi connectivity index (χ0n) is 11.8. The highest BCUT2D eigenvalue weighted by Crippen LogP contribution is 2.14. The van der Waals surface area contributed by atoms with E-state index >= 15 is 0 Å². The van der Waals surface area contributed by atoms with Crippen LogP contribution in [0.1, 0.15) is 20.7 Å². The Bertz CT molecular complexity index is 649. The Hall–Kier alpha value is -2.33. The minimum Gasteiger partial charge on any atom is -0.345 e. The number of carbonyl (C=O) groups is 2. The van der Waals surface area contributed by atoms with Crippen molar-refractivity contribution >= 4 is 29.1 Å². The molecule has 0 saturated heterocycles. The van der Waals surface area contributed by atoms with Crippen molar-refractivity contribution in [1.82, 2.24) is 4.90 Å². The van der Waals surface area contributed by atoms with Crippen molar-refractivity contribution in [3.63, 3.8) is 0 Å². The van der Waals surface area contributed by atoms with Crippen molar-refractivity contribution in [2.24, 2.45) is 0 Å². The van der Waals surface area contributed by atoms with Crippen LogP contribution in [0, 0.1) is 0 Å². The zero-order valence-corrected chi connectivity index (χ0v) is 12.5. The first-order chi connectivity index (χ1) is 9.97. The van der Waals surface area contributed by atoms with Gasteiger partial charge in [0.05, 0.1) is 0 Å². The van der Waals surface area contributed by atoms with E-state index < -0.39 is 0 Å². The number of nitrogens with zero attached hydrogens (tertiary/aromatic N) is 1. The van der Waals surface area contributed by atoms with Crippen LogP contribution in [0.15, 0.2) is 48.5 Å². The van der Waals surface area contributed by atoms with Crippen molar-refractivity contribution in [3.05, 3.63) is 64.7 Å². The highest BCUT2D eigenvalue weighted by atomic mass is 35.5. The molecule has 0 fully saturated rings. The van der Waals surface area contributed by atoms with Crippen LogP contribution in [0.2, 0.25) is 5.02 Å². The van der Waals surface area contributed by atoms with E-state index in [1.807, 2.05) is 0 Å². The Morgan fingerprint density at radius 1 is 0.905 bits per heavy atom. The number of benzene rings is 2. The molecule has 0 aromatic heterocycles. The van der Waals surface area contributed by atoms with Crippen molar-refractivity contribution in [2.45, 2.75) is 0 Å². The normalized spacial score (nSPS) is 10.0. The van der Waals surface area contributed by atoms with Crippen LogP contribution in [0.5, 0.6) is 0 Å². The van der Waals surface area contributed by atoms with Gasteiger partial charge in [-0.05, 0) is 48.5 Å². The van der Waals surface area contributed by atoms with Crippen LogP contribution in [-0.2, 0) is 0 Å². The lowest BCUT2D eigenvalue weighted by Crippen LogP contribution is -2.21. The van der Waals surface area contributed by atoms with Crippen molar-refractivity contribution in [1.29, 1.82) is 0 Å². The minimum atomic E-state index is -0.224. The topological polar surface area (TPSA) is 49.4 Å². The average molecular weight is 303 g/mol.